The number of hydrogen-bond donors (Lipinski definition) is 0. The van der Waals surface area contributed by atoms with Crippen molar-refractivity contribution in [2.75, 3.05) is 0 Å². The van der Waals surface area contributed by atoms with E-state index in [2.05, 4.69) is 34.2 Å². The van der Waals surface area contributed by atoms with Crippen LogP contribution in [0, 0.1) is 68.6 Å². The first-order chi connectivity index (χ1) is 26.2. The minimum absolute atomic E-state index is 0. The molecule has 5 aromatic heterocycles. The van der Waals surface area contributed by atoms with Gasteiger partial charge in [-0.05, 0) is 45.0 Å². The Labute approximate surface area is 368 Å². The second-order valence-corrected chi connectivity index (χ2v) is 13.1. The van der Waals surface area contributed by atoms with Gasteiger partial charge in [0.1, 0.15) is 17.3 Å². The molecule has 6 rings (SSSR count). The minimum Gasteiger partial charge on any atom is -0.362 e. The fourth-order valence-electron chi connectivity index (χ4n) is 3.75. The Hall–Kier alpha value is -4.28. The number of halogens is 9. The zero-order valence-corrected chi connectivity index (χ0v) is 32.8. The molecule has 0 aliphatic carbocycles. The summed E-state index contributed by atoms with van der Waals surface area (Å²) in [4.78, 5) is 73.1. The van der Waals surface area contributed by atoms with Gasteiger partial charge in [-0.3, -0.25) is 29.2 Å². The van der Waals surface area contributed by atoms with E-state index in [1.54, 1.807) is 28.5 Å². The normalized spacial score (nSPS) is 10.8. The molecule has 21 heteroatoms. The van der Waals surface area contributed by atoms with E-state index in [1.807, 2.05) is 12.1 Å². The third-order valence-corrected chi connectivity index (χ3v) is 8.91. The molecule has 57 heavy (non-hydrogen) atoms. The van der Waals surface area contributed by atoms with E-state index in [1.165, 1.54) is 36.4 Å². The average molecular weight is 996 g/mol. The quantitative estimate of drug-likeness (QED) is 0.0350. The number of carbonyl (C=O) groups is 6. The largest absolute Gasteiger partial charge is 3.00 e. The first kappa shape index (κ1) is 48.9. The van der Waals surface area contributed by atoms with Crippen LogP contribution in [0.3, 0.4) is 0 Å². The van der Waals surface area contributed by atoms with Crippen molar-refractivity contribution in [2.45, 2.75) is 18.5 Å². The molecule has 0 amide bonds. The maximum absolute atomic E-state index is 11.7. The van der Waals surface area contributed by atoms with Crippen LogP contribution in [0.4, 0.5) is 39.5 Å². The Balaban J connectivity index is 0.000000261. The summed E-state index contributed by atoms with van der Waals surface area (Å²) >= 11 is 2.95. The van der Waals surface area contributed by atoms with E-state index < -0.39 is 53.2 Å². The van der Waals surface area contributed by atoms with E-state index in [4.69, 9.17) is 0 Å². The van der Waals surface area contributed by atoms with E-state index in [9.17, 15) is 68.3 Å². The van der Waals surface area contributed by atoms with E-state index in [0.29, 0.717) is 0 Å². The summed E-state index contributed by atoms with van der Waals surface area (Å²) in [5.74, 6) is -9.13. The molecule has 0 atom stereocenters. The van der Waals surface area contributed by atoms with Crippen molar-refractivity contribution in [3.63, 3.8) is 0 Å². The first-order valence-electron chi connectivity index (χ1n) is 14.9. The topological polar surface area (TPSA) is 128 Å². The summed E-state index contributed by atoms with van der Waals surface area (Å²) in [6, 6.07) is 20.8. The zero-order valence-electron chi connectivity index (χ0n) is 27.9. The van der Waals surface area contributed by atoms with Crippen LogP contribution in [0.15, 0.2) is 101 Å². The predicted octanol–water partition coefficient (Wildman–Crippen LogP) is 9.58. The van der Waals surface area contributed by atoms with Gasteiger partial charge in [-0.15, -0.1) is 0 Å². The zero-order chi connectivity index (χ0) is 41.7. The van der Waals surface area contributed by atoms with Crippen molar-refractivity contribution in [1.82, 2.24) is 9.97 Å². The maximum Gasteiger partial charge on any atom is 3.00 e. The smallest absolute Gasteiger partial charge is 0.362 e. The number of Topliss-reactive ketones (excluding diaryl/α,β-unsaturated/α-hetero) is 6. The van der Waals surface area contributed by atoms with Crippen molar-refractivity contribution in [3.8, 4) is 0 Å². The minimum atomic E-state index is -4.98. The number of benzene rings is 1. The number of rotatable bonds is 9. The van der Waals surface area contributed by atoms with Crippen molar-refractivity contribution in [3.05, 3.63) is 135 Å². The first-order valence-corrected chi connectivity index (χ1v) is 17.5. The maximum atomic E-state index is 11.7. The van der Waals surface area contributed by atoms with Crippen LogP contribution in [0.5, 0.6) is 0 Å². The molecule has 0 saturated carbocycles. The summed E-state index contributed by atoms with van der Waals surface area (Å²) in [6.07, 6.45) is -11.1. The Morgan fingerprint density at radius 3 is 0.982 bits per heavy atom. The van der Waals surface area contributed by atoms with Gasteiger partial charge < -0.3 is 28.8 Å². The van der Waals surface area contributed by atoms with E-state index in [0.717, 1.165) is 55.8 Å². The molecule has 0 unspecified atom stereocenters. The van der Waals surface area contributed by atoms with Gasteiger partial charge in [0.05, 0.1) is 11.0 Å². The SMILES string of the molecule is O=C([CH-]C(=O)C(F)(F)F)[c-]1ccc[s+]1.O=C([CH-]C(=O)C(F)(F)F)[c-]1ccc[s+]1.O=C([CH-]C(=O)C(F)(F)F)[c-]1ccc[s+]1.[Eu+3].c1cnc2c(c1)ccc1cccnc12. The molecular weight excluding hydrogens is 976 g/mol. The third kappa shape index (κ3) is 15.9. The average Bonchev–Trinajstić information content (AvgIpc) is 3.96. The number of alkyl halides is 9. The summed E-state index contributed by atoms with van der Waals surface area (Å²) in [6.45, 7) is 0. The van der Waals surface area contributed by atoms with Crippen LogP contribution >= 0.6 is 34.0 Å². The third-order valence-electron chi connectivity index (χ3n) is 6.26. The monoisotopic (exact) mass is 996 g/mol. The molecule has 0 aliphatic heterocycles. The molecule has 0 radical (unpaired) electrons. The van der Waals surface area contributed by atoms with Crippen molar-refractivity contribution >= 4 is 90.5 Å². The van der Waals surface area contributed by atoms with Gasteiger partial charge in [-0.2, -0.15) is 57.7 Å². The fraction of sp³-hybridized carbons (Fsp3) is 0.0833. The van der Waals surface area contributed by atoms with Crippen molar-refractivity contribution < 1.29 is 118 Å². The summed E-state index contributed by atoms with van der Waals surface area (Å²) in [5.41, 5.74) is 1.95. The van der Waals surface area contributed by atoms with Gasteiger partial charge in [0.2, 0.25) is 0 Å². The number of aromatic nitrogens is 2. The number of carbonyl (C=O) groups excluding carboxylic acids is 6. The Kier molecular flexibility index (Phi) is 18.9. The summed E-state index contributed by atoms with van der Waals surface area (Å²) in [5, 5.41) is 6.90. The number of ketones is 6. The molecule has 0 saturated heterocycles. The molecule has 0 N–H and O–H groups in total. The van der Waals surface area contributed by atoms with Gasteiger partial charge in [-0.25, -0.2) is 0 Å². The van der Waals surface area contributed by atoms with E-state index in [-0.39, 0.29) is 83.3 Å². The van der Waals surface area contributed by atoms with Crippen LogP contribution in [-0.4, -0.2) is 63.2 Å². The number of fused-ring (bicyclic) bond motifs is 3. The molecule has 0 fully saturated rings. The molecule has 0 bridgehead atoms. The van der Waals surface area contributed by atoms with Crippen LogP contribution in [0.2, 0.25) is 0 Å². The Morgan fingerprint density at radius 1 is 0.474 bits per heavy atom. The molecule has 298 valence electrons. The molecule has 0 spiro atoms. The summed E-state index contributed by atoms with van der Waals surface area (Å²) in [7, 11) is 0. The van der Waals surface area contributed by atoms with Crippen LogP contribution < -0.4 is 0 Å². The molecule has 6 aromatic rings. The second kappa shape index (κ2) is 22.0. The standard InChI is InChI=1S/C12H8N2.3C8H4F3O2S.Eu/c1-3-9-5-6-10-4-2-8-14-12(10)11(9)13-7-1;3*9-8(10,11)7(13)4-5(12)6-2-1-3-14-6;/h1-8H;3*1-4H;/q;3*-1;+3. The van der Waals surface area contributed by atoms with Crippen LogP contribution in [0.1, 0.15) is 29.0 Å². The Morgan fingerprint density at radius 2 is 0.754 bits per heavy atom. The van der Waals surface area contributed by atoms with Crippen LogP contribution in [-0.2, 0) is 14.4 Å². The molecule has 8 nitrogen and oxygen atoms in total. The number of nitrogens with zero attached hydrogens (tertiary/aromatic N) is 2. The second-order valence-electron chi connectivity index (χ2n) is 10.3. The summed E-state index contributed by atoms with van der Waals surface area (Å²) < 4.78 is 105. The van der Waals surface area contributed by atoms with Gasteiger partial charge in [0.15, 0.2) is 16.1 Å². The molecular formula is C36H20EuF9N2O6S3. The van der Waals surface area contributed by atoms with Crippen molar-refractivity contribution in [1.29, 1.82) is 0 Å². The Bertz CT molecular complexity index is 2050. The molecule has 5 heterocycles. The van der Waals surface area contributed by atoms with Crippen molar-refractivity contribution in [2.24, 2.45) is 0 Å². The number of pyridine rings is 2. The van der Waals surface area contributed by atoms with Gasteiger partial charge in [0, 0.05) is 57.2 Å². The number of hydrogen-bond acceptors (Lipinski definition) is 8. The van der Waals surface area contributed by atoms with Gasteiger partial charge >= 0.3 is 67.9 Å². The number of thiophene rings is 3. The fourth-order valence-corrected chi connectivity index (χ4v) is 5.66. The van der Waals surface area contributed by atoms with Gasteiger partial charge in [0.25, 0.3) is 0 Å². The molecule has 0 aliphatic rings. The van der Waals surface area contributed by atoms with E-state index >= 15 is 0 Å². The molecule has 1 aromatic carbocycles. The predicted molar refractivity (Wildman–Crippen MR) is 189 cm³/mol. The van der Waals surface area contributed by atoms with Gasteiger partial charge in [-0.1, -0.05) is 41.6 Å². The van der Waals surface area contributed by atoms with Crippen LogP contribution in [0.25, 0.3) is 21.8 Å².